The Morgan fingerprint density at radius 3 is 2.06 bits per heavy atom. The van der Waals surface area contributed by atoms with Crippen LogP contribution in [0.4, 0.5) is 13.2 Å². The first kappa shape index (κ1) is 26.3. The standard InChI is InChI=1S/C30H35F3O3/c1-3-4-17-35-23-13-14-26(27(31)18-23)30(34)36-22-11-9-21(10-12-22)25-16-15-24(28(32)29(25)33)20-7-5-19(2)6-8-20/h3,13-16,18-22H,1,4-12,17H2,2H3. The van der Waals surface area contributed by atoms with E-state index in [9.17, 15) is 13.6 Å². The first-order valence-corrected chi connectivity index (χ1v) is 13.1. The van der Waals surface area contributed by atoms with Gasteiger partial charge in [-0.2, -0.15) is 0 Å². The number of benzene rings is 2. The predicted molar refractivity (Wildman–Crippen MR) is 134 cm³/mol. The maximum Gasteiger partial charge on any atom is 0.341 e. The Balaban J connectivity index is 1.33. The minimum Gasteiger partial charge on any atom is -0.493 e. The van der Waals surface area contributed by atoms with E-state index in [1.165, 1.54) is 18.2 Å². The number of ether oxygens (including phenoxy) is 2. The molecule has 0 radical (unpaired) electrons. The molecule has 2 aromatic carbocycles. The number of halogens is 3. The molecule has 2 aliphatic rings. The fourth-order valence-corrected chi connectivity index (χ4v) is 5.50. The fraction of sp³-hybridized carbons (Fsp3) is 0.500. The molecule has 0 heterocycles. The number of rotatable bonds is 8. The highest BCUT2D eigenvalue weighted by atomic mass is 19.2. The highest BCUT2D eigenvalue weighted by Crippen LogP contribution is 2.40. The molecule has 2 aromatic rings. The van der Waals surface area contributed by atoms with Crippen molar-refractivity contribution in [1.29, 1.82) is 0 Å². The Morgan fingerprint density at radius 1 is 0.917 bits per heavy atom. The summed E-state index contributed by atoms with van der Waals surface area (Å²) in [6.07, 6.45) is 8.05. The van der Waals surface area contributed by atoms with Gasteiger partial charge in [0.1, 0.15) is 17.7 Å². The van der Waals surface area contributed by atoms with Crippen LogP contribution < -0.4 is 4.74 Å². The van der Waals surface area contributed by atoms with Crippen molar-refractivity contribution >= 4 is 5.97 Å². The van der Waals surface area contributed by atoms with Gasteiger partial charge in [0, 0.05) is 6.07 Å². The Bertz CT molecular complexity index is 1070. The summed E-state index contributed by atoms with van der Waals surface area (Å²) in [6, 6.07) is 7.59. The molecule has 0 aromatic heterocycles. The fourth-order valence-electron chi connectivity index (χ4n) is 5.50. The largest absolute Gasteiger partial charge is 0.493 e. The van der Waals surface area contributed by atoms with Crippen molar-refractivity contribution < 1.29 is 27.4 Å². The van der Waals surface area contributed by atoms with Crippen LogP contribution in [-0.2, 0) is 4.74 Å². The molecule has 194 valence electrons. The van der Waals surface area contributed by atoms with Crippen molar-refractivity contribution in [3.05, 3.63) is 77.1 Å². The van der Waals surface area contributed by atoms with Crippen LogP contribution >= 0.6 is 0 Å². The van der Waals surface area contributed by atoms with Gasteiger partial charge in [-0.1, -0.05) is 38.0 Å². The summed E-state index contributed by atoms with van der Waals surface area (Å²) in [5, 5.41) is 0. The second-order valence-electron chi connectivity index (χ2n) is 10.3. The van der Waals surface area contributed by atoms with Crippen LogP contribution in [0.1, 0.15) is 98.0 Å². The van der Waals surface area contributed by atoms with Gasteiger partial charge in [0.15, 0.2) is 11.6 Å². The van der Waals surface area contributed by atoms with Crippen molar-refractivity contribution in [1.82, 2.24) is 0 Å². The van der Waals surface area contributed by atoms with Gasteiger partial charge >= 0.3 is 5.97 Å². The van der Waals surface area contributed by atoms with E-state index in [4.69, 9.17) is 9.47 Å². The molecule has 3 nitrogen and oxygen atoms in total. The highest BCUT2D eigenvalue weighted by Gasteiger charge is 2.30. The molecular weight excluding hydrogens is 465 g/mol. The molecule has 0 amide bonds. The molecule has 36 heavy (non-hydrogen) atoms. The van der Waals surface area contributed by atoms with Gasteiger partial charge in [-0.25, -0.2) is 18.0 Å². The summed E-state index contributed by atoms with van der Waals surface area (Å²) in [5.74, 6) is -1.91. The van der Waals surface area contributed by atoms with E-state index in [-0.39, 0.29) is 23.5 Å². The van der Waals surface area contributed by atoms with E-state index < -0.39 is 23.4 Å². The minimum absolute atomic E-state index is 0.0908. The number of carbonyl (C=O) groups is 1. The van der Waals surface area contributed by atoms with Crippen molar-refractivity contribution in [2.45, 2.75) is 82.7 Å². The Hall–Kier alpha value is -2.76. The molecule has 2 aliphatic carbocycles. The maximum atomic E-state index is 15.1. The molecule has 6 heteroatoms. The second-order valence-corrected chi connectivity index (χ2v) is 10.3. The van der Waals surface area contributed by atoms with Gasteiger partial charge in [0.2, 0.25) is 0 Å². The van der Waals surface area contributed by atoms with Crippen LogP contribution in [0.25, 0.3) is 0 Å². The molecule has 0 bridgehead atoms. The molecule has 0 spiro atoms. The van der Waals surface area contributed by atoms with Crippen LogP contribution in [0.5, 0.6) is 5.75 Å². The van der Waals surface area contributed by atoms with Crippen molar-refractivity contribution in [3.8, 4) is 5.75 Å². The van der Waals surface area contributed by atoms with Gasteiger partial charge in [0.25, 0.3) is 0 Å². The summed E-state index contributed by atoms with van der Waals surface area (Å²) in [7, 11) is 0. The number of carbonyl (C=O) groups excluding carboxylic acids is 1. The zero-order valence-corrected chi connectivity index (χ0v) is 20.9. The normalized spacial score (nSPS) is 24.2. The lowest BCUT2D eigenvalue weighted by Gasteiger charge is -2.30. The van der Waals surface area contributed by atoms with Crippen molar-refractivity contribution in [2.75, 3.05) is 6.61 Å². The molecule has 2 fully saturated rings. The zero-order chi connectivity index (χ0) is 25.7. The van der Waals surface area contributed by atoms with Crippen LogP contribution in [0.2, 0.25) is 0 Å². The summed E-state index contributed by atoms with van der Waals surface area (Å²) in [4.78, 5) is 12.5. The van der Waals surface area contributed by atoms with Crippen LogP contribution in [0.15, 0.2) is 43.0 Å². The van der Waals surface area contributed by atoms with E-state index >= 15 is 4.39 Å². The van der Waals surface area contributed by atoms with Crippen LogP contribution in [0, 0.1) is 23.4 Å². The zero-order valence-electron chi connectivity index (χ0n) is 20.9. The monoisotopic (exact) mass is 500 g/mol. The highest BCUT2D eigenvalue weighted by molar-refractivity contribution is 5.90. The van der Waals surface area contributed by atoms with E-state index in [1.54, 1.807) is 18.2 Å². The van der Waals surface area contributed by atoms with E-state index in [0.717, 1.165) is 25.7 Å². The first-order valence-electron chi connectivity index (χ1n) is 13.1. The lowest BCUT2D eigenvalue weighted by Crippen LogP contribution is -2.25. The van der Waals surface area contributed by atoms with Gasteiger partial charge in [0.05, 0.1) is 12.2 Å². The molecule has 0 aliphatic heterocycles. The lowest BCUT2D eigenvalue weighted by atomic mass is 9.77. The molecule has 0 N–H and O–H groups in total. The summed E-state index contributed by atoms with van der Waals surface area (Å²) < 4.78 is 55.4. The topological polar surface area (TPSA) is 35.5 Å². The first-order chi connectivity index (χ1) is 17.4. The van der Waals surface area contributed by atoms with E-state index in [1.807, 2.05) is 0 Å². The SMILES string of the molecule is C=CCCOc1ccc(C(=O)OC2CCC(c3ccc(C4CCC(C)CC4)c(F)c3F)CC2)c(F)c1. The van der Waals surface area contributed by atoms with Crippen LogP contribution in [0.3, 0.4) is 0 Å². The Labute approximate surface area is 211 Å². The number of esters is 1. The molecular formula is C30H35F3O3. The Kier molecular flexibility index (Phi) is 8.76. The average molecular weight is 501 g/mol. The smallest absolute Gasteiger partial charge is 0.341 e. The quantitative estimate of drug-likeness (QED) is 0.208. The van der Waals surface area contributed by atoms with E-state index in [2.05, 4.69) is 13.5 Å². The maximum absolute atomic E-state index is 15.1. The third-order valence-electron chi connectivity index (χ3n) is 7.74. The predicted octanol–water partition coefficient (Wildman–Crippen LogP) is 8.24. The van der Waals surface area contributed by atoms with Gasteiger partial charge in [-0.15, -0.1) is 6.58 Å². The van der Waals surface area contributed by atoms with Crippen LogP contribution in [-0.4, -0.2) is 18.7 Å². The summed E-state index contributed by atoms with van der Waals surface area (Å²) in [6.45, 7) is 6.19. The minimum atomic E-state index is -0.732. The third-order valence-corrected chi connectivity index (χ3v) is 7.74. The molecule has 4 rings (SSSR count). The summed E-state index contributed by atoms with van der Waals surface area (Å²) in [5.41, 5.74) is 0.766. The van der Waals surface area contributed by atoms with Gasteiger partial charge < -0.3 is 9.47 Å². The average Bonchev–Trinajstić information content (AvgIpc) is 2.87. The molecule has 0 atom stereocenters. The second kappa shape index (κ2) is 12.0. The molecule has 0 saturated heterocycles. The van der Waals surface area contributed by atoms with Crippen molar-refractivity contribution in [2.24, 2.45) is 5.92 Å². The molecule has 2 saturated carbocycles. The van der Waals surface area contributed by atoms with Gasteiger partial charge in [-0.3, -0.25) is 0 Å². The van der Waals surface area contributed by atoms with Crippen molar-refractivity contribution in [3.63, 3.8) is 0 Å². The van der Waals surface area contributed by atoms with E-state index in [0.29, 0.717) is 61.5 Å². The molecule has 0 unspecified atom stereocenters. The number of hydrogen-bond donors (Lipinski definition) is 0. The number of hydrogen-bond acceptors (Lipinski definition) is 3. The third kappa shape index (κ3) is 6.13. The summed E-state index contributed by atoms with van der Waals surface area (Å²) >= 11 is 0. The lowest BCUT2D eigenvalue weighted by molar-refractivity contribution is 0.0189. The Morgan fingerprint density at radius 2 is 1.50 bits per heavy atom. The van der Waals surface area contributed by atoms with Gasteiger partial charge in [-0.05, 0) is 86.0 Å².